The molecule has 0 aromatic rings. The third kappa shape index (κ3) is 3.72. The lowest BCUT2D eigenvalue weighted by molar-refractivity contribution is 0.0388. The molecule has 0 aromatic carbocycles. The van der Waals surface area contributed by atoms with Gasteiger partial charge >= 0.3 is 0 Å². The highest BCUT2D eigenvalue weighted by Crippen LogP contribution is 2.35. The van der Waals surface area contributed by atoms with E-state index in [0.717, 1.165) is 19.0 Å². The van der Waals surface area contributed by atoms with Crippen molar-refractivity contribution in [2.24, 2.45) is 11.7 Å². The standard InChI is InChI=1S/C17H36N2/c1-5-17(6-2,19(7-3)8-4)16(18)15-13-11-9-10-12-14-15/h15-16H,5-14,18H2,1-4H3. The van der Waals surface area contributed by atoms with Crippen LogP contribution in [-0.2, 0) is 0 Å². The van der Waals surface area contributed by atoms with Crippen LogP contribution >= 0.6 is 0 Å². The number of hydrogen-bond acceptors (Lipinski definition) is 2. The van der Waals surface area contributed by atoms with Crippen molar-refractivity contribution >= 4 is 0 Å². The van der Waals surface area contributed by atoms with E-state index in [1.807, 2.05) is 0 Å². The lowest BCUT2D eigenvalue weighted by Gasteiger charge is -2.49. The Labute approximate surface area is 121 Å². The predicted octanol–water partition coefficient (Wildman–Crippen LogP) is 4.18. The Balaban J connectivity index is 2.88. The van der Waals surface area contributed by atoms with E-state index in [2.05, 4.69) is 32.6 Å². The normalized spacial score (nSPS) is 20.5. The van der Waals surface area contributed by atoms with Gasteiger partial charge in [0.2, 0.25) is 0 Å². The summed E-state index contributed by atoms with van der Waals surface area (Å²) in [6.45, 7) is 11.5. The smallest absolute Gasteiger partial charge is 0.0357 e. The molecule has 0 radical (unpaired) electrons. The van der Waals surface area contributed by atoms with Crippen molar-refractivity contribution in [2.45, 2.75) is 90.6 Å². The van der Waals surface area contributed by atoms with Gasteiger partial charge in [0.25, 0.3) is 0 Å². The molecule has 0 spiro atoms. The van der Waals surface area contributed by atoms with Crippen molar-refractivity contribution in [2.75, 3.05) is 13.1 Å². The first-order chi connectivity index (χ1) is 9.16. The molecule has 1 aliphatic rings. The Morgan fingerprint density at radius 3 is 1.79 bits per heavy atom. The van der Waals surface area contributed by atoms with Crippen LogP contribution in [0.1, 0.15) is 79.1 Å². The summed E-state index contributed by atoms with van der Waals surface area (Å²) in [4.78, 5) is 2.63. The van der Waals surface area contributed by atoms with Crippen LogP contribution in [0.25, 0.3) is 0 Å². The second-order valence-electron chi connectivity index (χ2n) is 6.26. The maximum atomic E-state index is 6.83. The topological polar surface area (TPSA) is 29.3 Å². The largest absolute Gasteiger partial charge is 0.326 e. The Bertz CT molecular complexity index is 223. The Kier molecular flexibility index (Phi) is 7.38. The average molecular weight is 268 g/mol. The summed E-state index contributed by atoms with van der Waals surface area (Å²) in [7, 11) is 0. The summed E-state index contributed by atoms with van der Waals surface area (Å²) < 4.78 is 0. The van der Waals surface area contributed by atoms with Gasteiger partial charge in [-0.3, -0.25) is 4.90 Å². The Morgan fingerprint density at radius 2 is 1.42 bits per heavy atom. The van der Waals surface area contributed by atoms with E-state index in [0.29, 0.717) is 6.04 Å². The minimum atomic E-state index is 0.221. The second kappa shape index (κ2) is 8.26. The van der Waals surface area contributed by atoms with Gasteiger partial charge in [0.05, 0.1) is 0 Å². The van der Waals surface area contributed by atoms with Crippen LogP contribution in [0.2, 0.25) is 0 Å². The van der Waals surface area contributed by atoms with Crippen LogP contribution < -0.4 is 5.73 Å². The highest BCUT2D eigenvalue weighted by atomic mass is 15.2. The lowest BCUT2D eigenvalue weighted by Crippen LogP contribution is -2.61. The fourth-order valence-corrected chi connectivity index (χ4v) is 4.34. The molecule has 114 valence electrons. The molecule has 1 unspecified atom stereocenters. The van der Waals surface area contributed by atoms with E-state index in [1.165, 1.54) is 51.4 Å². The van der Waals surface area contributed by atoms with Gasteiger partial charge in [-0.25, -0.2) is 0 Å². The van der Waals surface area contributed by atoms with Gasteiger partial charge in [-0.2, -0.15) is 0 Å². The second-order valence-corrected chi connectivity index (χ2v) is 6.26. The molecule has 1 atom stereocenters. The number of nitrogens with zero attached hydrogens (tertiary/aromatic N) is 1. The molecule has 1 saturated carbocycles. The van der Waals surface area contributed by atoms with Crippen LogP contribution in [0.3, 0.4) is 0 Å². The third-order valence-electron chi connectivity index (χ3n) is 5.65. The Hall–Kier alpha value is -0.0800. The zero-order valence-corrected chi connectivity index (χ0v) is 13.8. The lowest BCUT2D eigenvalue weighted by atomic mass is 9.74. The highest BCUT2D eigenvalue weighted by molar-refractivity contribution is 5.00. The van der Waals surface area contributed by atoms with Crippen LogP contribution in [0.4, 0.5) is 0 Å². The fraction of sp³-hybridized carbons (Fsp3) is 1.00. The summed E-state index contributed by atoms with van der Waals surface area (Å²) in [6, 6.07) is 0.348. The molecule has 2 heteroatoms. The zero-order chi connectivity index (χ0) is 14.3. The van der Waals surface area contributed by atoms with Crippen molar-refractivity contribution in [1.29, 1.82) is 0 Å². The van der Waals surface area contributed by atoms with Crippen LogP contribution in [0, 0.1) is 5.92 Å². The molecule has 2 nitrogen and oxygen atoms in total. The molecule has 0 bridgehead atoms. The molecule has 2 N–H and O–H groups in total. The first kappa shape index (κ1) is 17.0. The number of hydrogen-bond donors (Lipinski definition) is 1. The highest BCUT2D eigenvalue weighted by Gasteiger charge is 2.41. The molecule has 0 amide bonds. The minimum absolute atomic E-state index is 0.221. The minimum Gasteiger partial charge on any atom is -0.326 e. The van der Waals surface area contributed by atoms with Gasteiger partial charge < -0.3 is 5.73 Å². The van der Waals surface area contributed by atoms with E-state index in [9.17, 15) is 0 Å². The maximum absolute atomic E-state index is 6.83. The summed E-state index contributed by atoms with van der Waals surface area (Å²) in [5.41, 5.74) is 7.05. The summed E-state index contributed by atoms with van der Waals surface area (Å²) in [5.74, 6) is 0.739. The Morgan fingerprint density at radius 1 is 0.947 bits per heavy atom. The number of likely N-dealkylation sites (N-methyl/N-ethyl adjacent to an activating group) is 1. The SMILES string of the molecule is CCN(CC)C(CC)(CC)C(N)C1CCCCCC1. The third-order valence-corrected chi connectivity index (χ3v) is 5.65. The van der Waals surface area contributed by atoms with Crippen LogP contribution in [0.15, 0.2) is 0 Å². The van der Waals surface area contributed by atoms with Crippen LogP contribution in [0.5, 0.6) is 0 Å². The molecule has 0 aromatic heterocycles. The van der Waals surface area contributed by atoms with Gasteiger partial charge in [-0.15, -0.1) is 0 Å². The van der Waals surface area contributed by atoms with Crippen molar-refractivity contribution in [3.8, 4) is 0 Å². The molecular weight excluding hydrogens is 232 g/mol. The number of rotatable bonds is 7. The first-order valence-corrected chi connectivity index (χ1v) is 8.66. The van der Waals surface area contributed by atoms with Crippen LogP contribution in [-0.4, -0.2) is 29.6 Å². The molecular formula is C17H36N2. The van der Waals surface area contributed by atoms with Gasteiger partial charge in [0, 0.05) is 11.6 Å². The predicted molar refractivity (Wildman–Crippen MR) is 85.4 cm³/mol. The van der Waals surface area contributed by atoms with E-state index >= 15 is 0 Å². The molecule has 0 heterocycles. The molecule has 1 aliphatic carbocycles. The van der Waals surface area contributed by atoms with E-state index in [-0.39, 0.29) is 5.54 Å². The van der Waals surface area contributed by atoms with E-state index < -0.39 is 0 Å². The molecule has 0 saturated heterocycles. The van der Waals surface area contributed by atoms with Gasteiger partial charge in [0.15, 0.2) is 0 Å². The average Bonchev–Trinajstić information content (AvgIpc) is 2.73. The van der Waals surface area contributed by atoms with Gasteiger partial charge in [-0.05, 0) is 44.7 Å². The monoisotopic (exact) mass is 268 g/mol. The summed E-state index contributed by atoms with van der Waals surface area (Å²) >= 11 is 0. The van der Waals surface area contributed by atoms with E-state index in [1.54, 1.807) is 0 Å². The number of nitrogens with two attached hydrogens (primary N) is 1. The van der Waals surface area contributed by atoms with E-state index in [4.69, 9.17) is 5.73 Å². The molecule has 19 heavy (non-hydrogen) atoms. The summed E-state index contributed by atoms with van der Waals surface area (Å²) in [5, 5.41) is 0. The van der Waals surface area contributed by atoms with Crippen molar-refractivity contribution in [3.05, 3.63) is 0 Å². The zero-order valence-electron chi connectivity index (χ0n) is 13.8. The first-order valence-electron chi connectivity index (χ1n) is 8.66. The maximum Gasteiger partial charge on any atom is 0.0357 e. The van der Waals surface area contributed by atoms with Gasteiger partial charge in [0.1, 0.15) is 0 Å². The van der Waals surface area contributed by atoms with Crippen molar-refractivity contribution in [3.63, 3.8) is 0 Å². The quantitative estimate of drug-likeness (QED) is 0.702. The molecule has 0 aliphatic heterocycles. The van der Waals surface area contributed by atoms with Crippen molar-refractivity contribution < 1.29 is 0 Å². The fourth-order valence-electron chi connectivity index (χ4n) is 4.34. The van der Waals surface area contributed by atoms with Gasteiger partial charge in [-0.1, -0.05) is 53.4 Å². The van der Waals surface area contributed by atoms with Crippen molar-refractivity contribution in [1.82, 2.24) is 4.90 Å². The molecule has 1 rings (SSSR count). The molecule has 1 fully saturated rings. The summed E-state index contributed by atoms with van der Waals surface area (Å²) in [6.07, 6.45) is 10.7.